The molecule has 150 valence electrons. The number of aliphatic imine (C=N–C) groups is 1. The largest absolute Gasteiger partial charge is 0.493 e. The molecule has 2 rings (SSSR count). The van der Waals surface area contributed by atoms with E-state index < -0.39 is 0 Å². The fraction of sp³-hybridized carbons (Fsp3) is 0.571. The zero-order chi connectivity index (χ0) is 19.5. The van der Waals surface area contributed by atoms with Gasteiger partial charge in [-0.15, -0.1) is 6.58 Å². The van der Waals surface area contributed by atoms with Gasteiger partial charge in [0, 0.05) is 32.2 Å². The summed E-state index contributed by atoms with van der Waals surface area (Å²) in [7, 11) is 1.65. The van der Waals surface area contributed by atoms with E-state index in [0.29, 0.717) is 12.6 Å². The number of methoxy groups -OCH3 is 1. The van der Waals surface area contributed by atoms with E-state index in [0.717, 1.165) is 56.5 Å². The van der Waals surface area contributed by atoms with Crippen molar-refractivity contribution in [2.45, 2.75) is 38.8 Å². The molecule has 0 amide bonds. The van der Waals surface area contributed by atoms with Crippen molar-refractivity contribution in [1.82, 2.24) is 15.5 Å². The molecule has 0 bridgehead atoms. The van der Waals surface area contributed by atoms with Gasteiger partial charge in [-0.3, -0.25) is 4.90 Å². The molecule has 1 aliphatic heterocycles. The van der Waals surface area contributed by atoms with Crippen molar-refractivity contribution in [2.24, 2.45) is 4.99 Å². The number of likely N-dealkylation sites (tertiary alicyclic amines) is 1. The van der Waals surface area contributed by atoms with E-state index in [1.165, 1.54) is 0 Å². The molecule has 2 N–H and O–H groups in total. The first-order chi connectivity index (χ1) is 13.2. The standard InChI is InChI=1S/C21H34N4O2/c1-5-13-25-14-11-18(12-15-25)24-21(22-6-2)23-16-17(3)27-20-10-8-7-9-19(20)26-4/h5,7-10,17-18H,1,6,11-16H2,2-4H3,(H2,22,23,24). The molecule has 1 atom stereocenters. The highest BCUT2D eigenvalue weighted by Crippen LogP contribution is 2.26. The van der Waals surface area contributed by atoms with E-state index in [9.17, 15) is 0 Å². The second kappa shape index (κ2) is 11.5. The lowest BCUT2D eigenvalue weighted by molar-refractivity contribution is 0.218. The summed E-state index contributed by atoms with van der Waals surface area (Å²) >= 11 is 0. The number of ether oxygens (including phenoxy) is 2. The van der Waals surface area contributed by atoms with Gasteiger partial charge >= 0.3 is 0 Å². The van der Waals surface area contributed by atoms with Gasteiger partial charge in [-0.05, 0) is 38.8 Å². The average molecular weight is 375 g/mol. The number of para-hydroxylation sites is 2. The van der Waals surface area contributed by atoms with Crippen molar-refractivity contribution in [3.05, 3.63) is 36.9 Å². The summed E-state index contributed by atoms with van der Waals surface area (Å²) in [6.45, 7) is 12.5. The summed E-state index contributed by atoms with van der Waals surface area (Å²) in [6.07, 6.45) is 4.16. The Balaban J connectivity index is 1.86. The van der Waals surface area contributed by atoms with E-state index in [2.05, 4.69) is 29.0 Å². The number of nitrogens with one attached hydrogen (secondary N) is 2. The minimum Gasteiger partial charge on any atom is -0.493 e. The first-order valence-corrected chi connectivity index (χ1v) is 9.84. The van der Waals surface area contributed by atoms with Gasteiger partial charge in [-0.1, -0.05) is 18.2 Å². The normalized spacial score (nSPS) is 17.2. The fourth-order valence-electron chi connectivity index (χ4n) is 3.15. The smallest absolute Gasteiger partial charge is 0.191 e. The van der Waals surface area contributed by atoms with Crippen molar-refractivity contribution >= 4 is 5.96 Å². The summed E-state index contributed by atoms with van der Waals surface area (Å²) in [5.41, 5.74) is 0. The van der Waals surface area contributed by atoms with Gasteiger partial charge in [0.2, 0.25) is 0 Å². The molecule has 1 unspecified atom stereocenters. The van der Waals surface area contributed by atoms with E-state index >= 15 is 0 Å². The number of rotatable bonds is 9. The monoisotopic (exact) mass is 374 g/mol. The van der Waals surface area contributed by atoms with Crippen molar-refractivity contribution in [3.8, 4) is 11.5 Å². The van der Waals surface area contributed by atoms with Crippen LogP contribution in [-0.4, -0.2) is 62.8 Å². The number of hydrogen-bond donors (Lipinski definition) is 2. The Labute approximate surface area is 163 Å². The van der Waals surface area contributed by atoms with Crippen LogP contribution in [0.4, 0.5) is 0 Å². The SMILES string of the molecule is C=CCN1CCC(NC(=NCC(C)Oc2ccccc2OC)NCC)CC1. The highest BCUT2D eigenvalue weighted by Gasteiger charge is 2.19. The minimum atomic E-state index is -0.0498. The van der Waals surface area contributed by atoms with Gasteiger partial charge < -0.3 is 20.1 Å². The summed E-state index contributed by atoms with van der Waals surface area (Å²) in [5.74, 6) is 2.34. The predicted molar refractivity (Wildman–Crippen MR) is 112 cm³/mol. The molecule has 0 saturated carbocycles. The Hall–Kier alpha value is -2.21. The molecule has 27 heavy (non-hydrogen) atoms. The maximum Gasteiger partial charge on any atom is 0.191 e. The number of guanidine groups is 1. The quantitative estimate of drug-likeness (QED) is 0.395. The van der Waals surface area contributed by atoms with Crippen molar-refractivity contribution in [1.29, 1.82) is 0 Å². The number of benzene rings is 1. The summed E-state index contributed by atoms with van der Waals surface area (Å²) in [6, 6.07) is 8.14. The third kappa shape index (κ3) is 7.13. The summed E-state index contributed by atoms with van der Waals surface area (Å²) in [4.78, 5) is 7.14. The molecule has 0 aliphatic carbocycles. The van der Waals surface area contributed by atoms with E-state index in [-0.39, 0.29) is 6.10 Å². The van der Waals surface area contributed by atoms with Crippen molar-refractivity contribution < 1.29 is 9.47 Å². The van der Waals surface area contributed by atoms with Crippen molar-refractivity contribution in [3.63, 3.8) is 0 Å². The van der Waals surface area contributed by atoms with Crippen molar-refractivity contribution in [2.75, 3.05) is 39.8 Å². The van der Waals surface area contributed by atoms with Gasteiger partial charge in [0.05, 0.1) is 13.7 Å². The Morgan fingerprint density at radius 1 is 1.33 bits per heavy atom. The van der Waals surface area contributed by atoms with Crippen LogP contribution in [0.5, 0.6) is 11.5 Å². The molecule has 6 heteroatoms. The molecule has 1 aromatic rings. The Bertz CT molecular complexity index is 598. The van der Waals surface area contributed by atoms with Crippen LogP contribution in [0.2, 0.25) is 0 Å². The molecule has 1 fully saturated rings. The lowest BCUT2D eigenvalue weighted by atomic mass is 10.1. The molecular weight excluding hydrogens is 340 g/mol. The Morgan fingerprint density at radius 3 is 2.67 bits per heavy atom. The average Bonchev–Trinajstić information content (AvgIpc) is 2.68. The van der Waals surface area contributed by atoms with Crippen LogP contribution in [0.1, 0.15) is 26.7 Å². The van der Waals surface area contributed by atoms with Crippen LogP contribution in [0.15, 0.2) is 41.9 Å². The van der Waals surface area contributed by atoms with Crippen LogP contribution in [-0.2, 0) is 0 Å². The molecule has 0 aromatic heterocycles. The summed E-state index contributed by atoms with van der Waals surface area (Å²) < 4.78 is 11.3. The lowest BCUT2D eigenvalue weighted by Gasteiger charge is -2.32. The van der Waals surface area contributed by atoms with Gasteiger partial charge in [0.1, 0.15) is 6.10 Å². The second-order valence-electron chi connectivity index (χ2n) is 6.81. The third-order valence-corrected chi connectivity index (χ3v) is 4.56. The Morgan fingerprint density at radius 2 is 2.04 bits per heavy atom. The van der Waals surface area contributed by atoms with Crippen LogP contribution >= 0.6 is 0 Å². The van der Waals surface area contributed by atoms with E-state index in [1.54, 1.807) is 7.11 Å². The lowest BCUT2D eigenvalue weighted by Crippen LogP contribution is -2.48. The summed E-state index contributed by atoms with van der Waals surface area (Å²) in [5, 5.41) is 6.90. The first-order valence-electron chi connectivity index (χ1n) is 9.84. The molecule has 1 aliphatic rings. The number of nitrogens with zero attached hydrogens (tertiary/aromatic N) is 2. The number of hydrogen-bond acceptors (Lipinski definition) is 4. The van der Waals surface area contributed by atoms with Crippen LogP contribution < -0.4 is 20.1 Å². The third-order valence-electron chi connectivity index (χ3n) is 4.56. The topological polar surface area (TPSA) is 58.1 Å². The zero-order valence-corrected chi connectivity index (χ0v) is 16.9. The van der Waals surface area contributed by atoms with Gasteiger partial charge in [-0.25, -0.2) is 4.99 Å². The highest BCUT2D eigenvalue weighted by molar-refractivity contribution is 5.80. The highest BCUT2D eigenvalue weighted by atomic mass is 16.5. The van der Waals surface area contributed by atoms with Gasteiger partial charge in [0.15, 0.2) is 17.5 Å². The maximum atomic E-state index is 5.99. The van der Waals surface area contributed by atoms with E-state index in [1.807, 2.05) is 37.3 Å². The maximum absolute atomic E-state index is 5.99. The Kier molecular flexibility index (Phi) is 8.98. The first kappa shape index (κ1) is 21.1. The van der Waals surface area contributed by atoms with Crippen LogP contribution in [0.25, 0.3) is 0 Å². The molecular formula is C21H34N4O2. The predicted octanol–water partition coefficient (Wildman–Crippen LogP) is 2.67. The minimum absolute atomic E-state index is 0.0498. The molecule has 1 aromatic carbocycles. The molecule has 0 radical (unpaired) electrons. The second-order valence-corrected chi connectivity index (χ2v) is 6.81. The molecule has 6 nitrogen and oxygen atoms in total. The molecule has 0 spiro atoms. The fourth-order valence-corrected chi connectivity index (χ4v) is 3.15. The van der Waals surface area contributed by atoms with Crippen LogP contribution in [0.3, 0.4) is 0 Å². The molecule has 1 saturated heterocycles. The molecule has 1 heterocycles. The van der Waals surface area contributed by atoms with Gasteiger partial charge in [-0.2, -0.15) is 0 Å². The van der Waals surface area contributed by atoms with Crippen LogP contribution in [0, 0.1) is 0 Å². The van der Waals surface area contributed by atoms with Gasteiger partial charge in [0.25, 0.3) is 0 Å². The number of piperidine rings is 1. The zero-order valence-electron chi connectivity index (χ0n) is 16.9. The van der Waals surface area contributed by atoms with E-state index in [4.69, 9.17) is 14.5 Å².